The number of thiazole rings is 1. The molecule has 9 heteroatoms. The topological polar surface area (TPSA) is 79.4 Å². The Labute approximate surface area is 191 Å². The average molecular weight is 470 g/mol. The maximum atomic E-state index is 12.6. The Bertz CT molecular complexity index is 1180. The zero-order valence-corrected chi connectivity index (χ0v) is 18.5. The molecule has 0 spiro atoms. The highest BCUT2D eigenvalue weighted by Crippen LogP contribution is 2.32. The van der Waals surface area contributed by atoms with Crippen LogP contribution < -0.4 is 5.32 Å². The third-order valence-electron chi connectivity index (χ3n) is 4.40. The van der Waals surface area contributed by atoms with Gasteiger partial charge in [-0.1, -0.05) is 60.1 Å². The summed E-state index contributed by atoms with van der Waals surface area (Å²) in [5, 5.41) is 3.26. The molecule has 4 rings (SSSR count). The molecule has 2 heterocycles. The lowest BCUT2D eigenvalue weighted by atomic mass is 10.1. The Kier molecular flexibility index (Phi) is 6.50. The van der Waals surface area contributed by atoms with Crippen molar-refractivity contribution in [1.29, 1.82) is 0 Å². The van der Waals surface area contributed by atoms with Crippen molar-refractivity contribution in [2.24, 2.45) is 0 Å². The van der Waals surface area contributed by atoms with Gasteiger partial charge in [-0.3, -0.25) is 19.3 Å². The van der Waals surface area contributed by atoms with Gasteiger partial charge in [-0.05, 0) is 35.0 Å². The molecule has 6 nitrogen and oxygen atoms in total. The van der Waals surface area contributed by atoms with Gasteiger partial charge in [0.25, 0.3) is 11.1 Å². The molecule has 0 radical (unpaired) electrons. The number of amides is 3. The minimum absolute atomic E-state index is 0.292. The van der Waals surface area contributed by atoms with Crippen molar-refractivity contribution in [2.45, 2.75) is 6.42 Å². The van der Waals surface area contributed by atoms with Crippen LogP contribution in [-0.4, -0.2) is 33.5 Å². The molecule has 156 valence electrons. The zero-order chi connectivity index (χ0) is 21.8. The Hall–Kier alpha value is -2.94. The molecule has 31 heavy (non-hydrogen) atoms. The summed E-state index contributed by atoms with van der Waals surface area (Å²) in [4.78, 5) is 43.6. The lowest BCUT2D eigenvalue weighted by Gasteiger charge is -2.11. The molecule has 1 aliphatic rings. The largest absolute Gasteiger partial charge is 0.300 e. The van der Waals surface area contributed by atoms with Gasteiger partial charge in [-0.25, -0.2) is 4.98 Å². The van der Waals surface area contributed by atoms with Crippen molar-refractivity contribution < 1.29 is 14.4 Å². The molecule has 1 saturated heterocycles. The Morgan fingerprint density at radius 1 is 1.10 bits per heavy atom. The minimum Gasteiger partial charge on any atom is -0.300 e. The van der Waals surface area contributed by atoms with E-state index in [9.17, 15) is 14.4 Å². The number of imide groups is 1. The number of halogens is 1. The fourth-order valence-corrected chi connectivity index (χ4v) is 4.81. The van der Waals surface area contributed by atoms with Crippen LogP contribution in [-0.2, 0) is 16.0 Å². The monoisotopic (exact) mass is 469 g/mol. The summed E-state index contributed by atoms with van der Waals surface area (Å²) in [5.41, 5.74) is 1.78. The maximum Gasteiger partial charge on any atom is 0.294 e. The summed E-state index contributed by atoms with van der Waals surface area (Å²) in [5.74, 6) is -0.963. The summed E-state index contributed by atoms with van der Waals surface area (Å²) in [6.07, 6.45) is 3.91. The minimum atomic E-state index is -0.484. The fraction of sp³-hybridized carbons (Fsp3) is 0.0909. The number of hydrogen-bond donors (Lipinski definition) is 1. The van der Waals surface area contributed by atoms with Gasteiger partial charge in [-0.2, -0.15) is 0 Å². The SMILES string of the molecule is O=C(CN1C(=O)SC(=Cc2ccccc2)C1=O)Nc1ncc(Cc2ccccc2Cl)s1. The number of nitrogens with one attached hydrogen (secondary N) is 1. The second-order valence-electron chi connectivity index (χ2n) is 6.63. The van der Waals surface area contributed by atoms with E-state index < -0.39 is 17.1 Å². The molecule has 1 aromatic heterocycles. The van der Waals surface area contributed by atoms with Crippen molar-refractivity contribution in [3.05, 3.63) is 86.7 Å². The van der Waals surface area contributed by atoms with Crippen LogP contribution in [0.25, 0.3) is 6.08 Å². The van der Waals surface area contributed by atoms with E-state index in [0.717, 1.165) is 32.7 Å². The molecule has 0 saturated carbocycles. The third kappa shape index (κ3) is 5.22. The predicted molar refractivity (Wildman–Crippen MR) is 124 cm³/mol. The van der Waals surface area contributed by atoms with Crippen LogP contribution in [0.15, 0.2) is 65.7 Å². The molecule has 1 aliphatic heterocycles. The fourth-order valence-electron chi connectivity index (χ4n) is 2.92. The first-order chi connectivity index (χ1) is 15.0. The lowest BCUT2D eigenvalue weighted by molar-refractivity contribution is -0.127. The van der Waals surface area contributed by atoms with Gasteiger partial charge in [-0.15, -0.1) is 11.3 Å². The van der Waals surface area contributed by atoms with Crippen LogP contribution in [0.1, 0.15) is 16.0 Å². The number of benzene rings is 2. The van der Waals surface area contributed by atoms with Crippen LogP contribution in [0.2, 0.25) is 5.02 Å². The first-order valence-corrected chi connectivity index (χ1v) is 11.3. The van der Waals surface area contributed by atoms with Gasteiger partial charge in [0.1, 0.15) is 6.54 Å². The van der Waals surface area contributed by atoms with Crippen molar-refractivity contribution in [1.82, 2.24) is 9.88 Å². The summed E-state index contributed by atoms with van der Waals surface area (Å²) in [6, 6.07) is 16.8. The second-order valence-corrected chi connectivity index (χ2v) is 9.14. The summed E-state index contributed by atoms with van der Waals surface area (Å²) in [6.45, 7) is -0.365. The Balaban J connectivity index is 1.37. The number of thioether (sulfide) groups is 1. The van der Waals surface area contributed by atoms with Gasteiger partial charge >= 0.3 is 0 Å². The maximum absolute atomic E-state index is 12.6. The van der Waals surface area contributed by atoms with E-state index in [1.807, 2.05) is 54.6 Å². The van der Waals surface area contributed by atoms with E-state index in [-0.39, 0.29) is 6.54 Å². The highest BCUT2D eigenvalue weighted by Gasteiger charge is 2.36. The van der Waals surface area contributed by atoms with Gasteiger partial charge in [0.05, 0.1) is 4.91 Å². The van der Waals surface area contributed by atoms with E-state index in [1.165, 1.54) is 11.3 Å². The number of rotatable bonds is 6. The molecule has 0 unspecified atom stereocenters. The van der Waals surface area contributed by atoms with Gasteiger partial charge < -0.3 is 5.32 Å². The molecule has 0 atom stereocenters. The molecule has 2 aromatic carbocycles. The van der Waals surface area contributed by atoms with Crippen molar-refractivity contribution in [2.75, 3.05) is 11.9 Å². The van der Waals surface area contributed by atoms with Gasteiger partial charge in [0, 0.05) is 22.5 Å². The number of aromatic nitrogens is 1. The predicted octanol–water partition coefficient (Wildman–Crippen LogP) is 5.06. The molecular formula is C22H16ClN3O3S2. The summed E-state index contributed by atoms with van der Waals surface area (Å²) < 4.78 is 0. The van der Waals surface area contributed by atoms with Crippen LogP contribution in [0, 0.1) is 0 Å². The van der Waals surface area contributed by atoms with Crippen molar-refractivity contribution >= 4 is 63.0 Å². The normalized spacial score (nSPS) is 15.0. The number of nitrogens with zero attached hydrogens (tertiary/aromatic N) is 2. The summed E-state index contributed by atoms with van der Waals surface area (Å²) in [7, 11) is 0. The van der Waals surface area contributed by atoms with Crippen LogP contribution in [0.4, 0.5) is 9.93 Å². The van der Waals surface area contributed by atoms with Gasteiger partial charge in [0.15, 0.2) is 5.13 Å². The first-order valence-electron chi connectivity index (χ1n) is 9.28. The van der Waals surface area contributed by atoms with Crippen LogP contribution >= 0.6 is 34.7 Å². The number of carbonyl (C=O) groups excluding carboxylic acids is 3. The lowest BCUT2D eigenvalue weighted by Crippen LogP contribution is -2.36. The second kappa shape index (κ2) is 9.47. The molecule has 0 bridgehead atoms. The molecule has 0 aliphatic carbocycles. The smallest absolute Gasteiger partial charge is 0.294 e. The van der Waals surface area contributed by atoms with E-state index in [2.05, 4.69) is 10.3 Å². The Morgan fingerprint density at radius 2 is 1.84 bits per heavy atom. The first kappa shape index (κ1) is 21.3. The summed E-state index contributed by atoms with van der Waals surface area (Å²) >= 11 is 8.33. The molecule has 3 aromatic rings. The number of carbonyl (C=O) groups is 3. The van der Waals surface area contributed by atoms with Crippen LogP contribution in [0.5, 0.6) is 0 Å². The van der Waals surface area contributed by atoms with E-state index >= 15 is 0 Å². The van der Waals surface area contributed by atoms with Crippen molar-refractivity contribution in [3.8, 4) is 0 Å². The van der Waals surface area contributed by atoms with Crippen LogP contribution in [0.3, 0.4) is 0 Å². The Morgan fingerprint density at radius 3 is 2.61 bits per heavy atom. The van der Waals surface area contributed by atoms with E-state index in [1.54, 1.807) is 12.3 Å². The third-order valence-corrected chi connectivity index (χ3v) is 6.58. The van der Waals surface area contributed by atoms with E-state index in [0.29, 0.717) is 21.5 Å². The van der Waals surface area contributed by atoms with Crippen molar-refractivity contribution in [3.63, 3.8) is 0 Å². The average Bonchev–Trinajstić information content (AvgIpc) is 3.29. The highest BCUT2D eigenvalue weighted by atomic mass is 35.5. The number of anilines is 1. The highest BCUT2D eigenvalue weighted by molar-refractivity contribution is 8.18. The quantitative estimate of drug-likeness (QED) is 0.510. The van der Waals surface area contributed by atoms with E-state index in [4.69, 9.17) is 11.6 Å². The molecule has 1 fully saturated rings. The molecule has 1 N–H and O–H groups in total. The van der Waals surface area contributed by atoms with Gasteiger partial charge in [0.2, 0.25) is 5.91 Å². The number of hydrogen-bond acceptors (Lipinski definition) is 6. The zero-order valence-electron chi connectivity index (χ0n) is 16.1. The molecular weight excluding hydrogens is 454 g/mol. The molecule has 3 amide bonds. The standard InChI is InChI=1S/C22H16ClN3O3S2/c23-17-9-5-4-8-15(17)11-16-12-24-21(30-16)25-19(27)13-26-20(28)18(31-22(26)29)10-14-6-2-1-3-7-14/h1-10,12H,11,13H2,(H,24,25,27).